The summed E-state index contributed by atoms with van der Waals surface area (Å²) in [7, 11) is 1.50. The molecule has 1 aromatic carbocycles. The molecule has 1 aromatic heterocycles. The Morgan fingerprint density at radius 1 is 1.33 bits per heavy atom. The molecule has 6 nitrogen and oxygen atoms in total. The van der Waals surface area contributed by atoms with E-state index >= 15 is 0 Å². The maximum Gasteiger partial charge on any atom is 0.249 e. The number of ether oxygens (including phenoxy) is 1. The molecule has 2 rings (SSSR count). The minimum atomic E-state index is -1.47. The Labute approximate surface area is 120 Å². The van der Waals surface area contributed by atoms with Crippen LogP contribution in [0, 0.1) is 17.2 Å². The van der Waals surface area contributed by atoms with Gasteiger partial charge in [-0.15, -0.1) is 0 Å². The van der Waals surface area contributed by atoms with Gasteiger partial charge in [-0.3, -0.25) is 9.59 Å². The molecule has 0 fully saturated rings. The Bertz CT molecular complexity index is 686. The van der Waals surface area contributed by atoms with Crippen LogP contribution in [0.2, 0.25) is 0 Å². The van der Waals surface area contributed by atoms with Crippen LogP contribution < -0.4 is 10.1 Å². The minimum absolute atomic E-state index is 0.0256. The van der Waals surface area contributed by atoms with Gasteiger partial charge in [0.25, 0.3) is 0 Å². The highest BCUT2D eigenvalue weighted by molar-refractivity contribution is 6.14. The third-order valence-corrected chi connectivity index (χ3v) is 2.75. The predicted molar refractivity (Wildman–Crippen MR) is 73.8 cm³/mol. The SMILES string of the molecule is COc1cccc(NC(=O)C(C#N)C(=O)c2ccco2)c1. The molecule has 0 bridgehead atoms. The first-order valence-electron chi connectivity index (χ1n) is 6.08. The normalized spacial score (nSPS) is 11.2. The number of hydrogen-bond donors (Lipinski definition) is 1. The zero-order valence-electron chi connectivity index (χ0n) is 11.2. The number of ketones is 1. The summed E-state index contributed by atoms with van der Waals surface area (Å²) in [6, 6.07) is 11.2. The summed E-state index contributed by atoms with van der Waals surface area (Å²) in [6.45, 7) is 0. The zero-order chi connectivity index (χ0) is 15.2. The Morgan fingerprint density at radius 2 is 2.14 bits per heavy atom. The van der Waals surface area contributed by atoms with Crippen LogP contribution in [-0.4, -0.2) is 18.8 Å². The van der Waals surface area contributed by atoms with Gasteiger partial charge >= 0.3 is 0 Å². The first-order chi connectivity index (χ1) is 10.2. The Kier molecular flexibility index (Phi) is 4.36. The average molecular weight is 284 g/mol. The molecule has 0 radical (unpaired) electrons. The number of hydrogen-bond acceptors (Lipinski definition) is 5. The van der Waals surface area contributed by atoms with E-state index in [0.717, 1.165) is 0 Å². The fourth-order valence-corrected chi connectivity index (χ4v) is 1.71. The van der Waals surface area contributed by atoms with Crippen molar-refractivity contribution in [1.29, 1.82) is 5.26 Å². The van der Waals surface area contributed by atoms with Crippen molar-refractivity contribution in [3.8, 4) is 11.8 Å². The highest BCUT2D eigenvalue weighted by Gasteiger charge is 2.29. The molecule has 21 heavy (non-hydrogen) atoms. The molecule has 1 atom stereocenters. The number of carbonyl (C=O) groups excluding carboxylic acids is 2. The number of Topliss-reactive ketones (excluding diaryl/α,β-unsaturated/α-hetero) is 1. The lowest BCUT2D eigenvalue weighted by Gasteiger charge is -2.09. The second-order valence-corrected chi connectivity index (χ2v) is 4.12. The van der Waals surface area contributed by atoms with Crippen molar-refractivity contribution in [2.24, 2.45) is 5.92 Å². The maximum atomic E-state index is 12.0. The third kappa shape index (κ3) is 3.28. The van der Waals surface area contributed by atoms with Crippen molar-refractivity contribution >= 4 is 17.4 Å². The molecular formula is C15H12N2O4. The van der Waals surface area contributed by atoms with Crippen molar-refractivity contribution in [3.63, 3.8) is 0 Å². The van der Waals surface area contributed by atoms with Crippen LogP contribution in [-0.2, 0) is 4.79 Å². The number of nitrogens with one attached hydrogen (secondary N) is 1. The van der Waals surface area contributed by atoms with Crippen molar-refractivity contribution < 1.29 is 18.7 Å². The summed E-state index contributed by atoms with van der Waals surface area (Å²) in [4.78, 5) is 24.0. The lowest BCUT2D eigenvalue weighted by Crippen LogP contribution is -2.28. The molecule has 2 aromatic rings. The van der Waals surface area contributed by atoms with Gasteiger partial charge in [-0.25, -0.2) is 0 Å². The van der Waals surface area contributed by atoms with E-state index in [1.54, 1.807) is 30.3 Å². The number of nitrogens with zero attached hydrogens (tertiary/aromatic N) is 1. The molecule has 0 spiro atoms. The number of methoxy groups -OCH3 is 1. The van der Waals surface area contributed by atoms with Crippen molar-refractivity contribution in [1.82, 2.24) is 0 Å². The lowest BCUT2D eigenvalue weighted by atomic mass is 10.0. The monoisotopic (exact) mass is 284 g/mol. The van der Waals surface area contributed by atoms with E-state index in [0.29, 0.717) is 11.4 Å². The van der Waals surface area contributed by atoms with Gasteiger partial charge in [-0.1, -0.05) is 6.07 Å². The van der Waals surface area contributed by atoms with Gasteiger partial charge < -0.3 is 14.5 Å². The van der Waals surface area contributed by atoms with E-state index in [1.807, 2.05) is 0 Å². The molecule has 6 heteroatoms. The minimum Gasteiger partial charge on any atom is -0.497 e. The molecule has 0 aliphatic rings. The van der Waals surface area contributed by atoms with E-state index in [2.05, 4.69) is 5.32 Å². The van der Waals surface area contributed by atoms with Crippen LogP contribution >= 0.6 is 0 Å². The molecule has 106 valence electrons. The van der Waals surface area contributed by atoms with Gasteiger partial charge in [0.2, 0.25) is 11.7 Å². The number of amides is 1. The van der Waals surface area contributed by atoms with Gasteiger partial charge in [0, 0.05) is 11.8 Å². The lowest BCUT2D eigenvalue weighted by molar-refractivity contribution is -0.117. The van der Waals surface area contributed by atoms with E-state index in [4.69, 9.17) is 14.4 Å². The van der Waals surface area contributed by atoms with Gasteiger partial charge in [0.05, 0.1) is 19.4 Å². The summed E-state index contributed by atoms with van der Waals surface area (Å²) in [5.74, 6) is -2.33. The van der Waals surface area contributed by atoms with Crippen molar-refractivity contribution in [3.05, 3.63) is 48.4 Å². The number of furan rings is 1. The highest BCUT2D eigenvalue weighted by Crippen LogP contribution is 2.18. The standard InChI is InChI=1S/C15H12N2O4/c1-20-11-5-2-4-10(8-11)17-15(19)12(9-16)14(18)13-6-3-7-21-13/h2-8,12H,1H3,(H,17,19). The van der Waals surface area contributed by atoms with Crippen LogP contribution in [0.5, 0.6) is 5.75 Å². The van der Waals surface area contributed by atoms with Gasteiger partial charge in [0.1, 0.15) is 5.75 Å². The number of benzene rings is 1. The van der Waals surface area contributed by atoms with E-state index in [-0.39, 0.29) is 5.76 Å². The number of carbonyl (C=O) groups is 2. The second-order valence-electron chi connectivity index (χ2n) is 4.12. The van der Waals surface area contributed by atoms with Crippen molar-refractivity contribution in [2.45, 2.75) is 0 Å². The topological polar surface area (TPSA) is 92.3 Å². The molecule has 1 unspecified atom stereocenters. The van der Waals surface area contributed by atoms with Gasteiger partial charge in [-0.05, 0) is 24.3 Å². The van der Waals surface area contributed by atoms with Crippen LogP contribution in [0.1, 0.15) is 10.6 Å². The summed E-state index contributed by atoms with van der Waals surface area (Å²) in [6.07, 6.45) is 1.31. The summed E-state index contributed by atoms with van der Waals surface area (Å²) in [5, 5.41) is 11.6. The maximum absolute atomic E-state index is 12.0. The Morgan fingerprint density at radius 3 is 2.76 bits per heavy atom. The summed E-state index contributed by atoms with van der Waals surface area (Å²) < 4.78 is 9.95. The largest absolute Gasteiger partial charge is 0.497 e. The molecule has 0 saturated carbocycles. The number of anilines is 1. The predicted octanol–water partition coefficient (Wildman–Crippen LogP) is 2.25. The molecule has 1 heterocycles. The summed E-state index contributed by atoms with van der Waals surface area (Å²) in [5.41, 5.74) is 0.437. The van der Waals surface area contributed by atoms with Gasteiger partial charge in [-0.2, -0.15) is 5.26 Å². The van der Waals surface area contributed by atoms with E-state index < -0.39 is 17.6 Å². The highest BCUT2D eigenvalue weighted by atomic mass is 16.5. The Hall–Kier alpha value is -3.07. The van der Waals surface area contributed by atoms with E-state index in [9.17, 15) is 9.59 Å². The third-order valence-electron chi connectivity index (χ3n) is 2.75. The first-order valence-corrected chi connectivity index (χ1v) is 6.08. The second kappa shape index (κ2) is 6.39. The Balaban J connectivity index is 2.14. The molecular weight excluding hydrogens is 272 g/mol. The van der Waals surface area contributed by atoms with E-state index in [1.165, 1.54) is 25.5 Å². The molecule has 0 aliphatic heterocycles. The van der Waals surface area contributed by atoms with Crippen LogP contribution in [0.25, 0.3) is 0 Å². The zero-order valence-corrected chi connectivity index (χ0v) is 11.2. The average Bonchev–Trinajstić information content (AvgIpc) is 3.02. The number of rotatable bonds is 5. The summed E-state index contributed by atoms with van der Waals surface area (Å²) >= 11 is 0. The number of nitriles is 1. The van der Waals surface area contributed by atoms with Crippen molar-refractivity contribution in [2.75, 3.05) is 12.4 Å². The molecule has 1 N–H and O–H groups in total. The molecule has 0 saturated heterocycles. The van der Waals surface area contributed by atoms with Gasteiger partial charge in [0.15, 0.2) is 11.7 Å². The van der Waals surface area contributed by atoms with Crippen LogP contribution in [0.4, 0.5) is 5.69 Å². The fraction of sp³-hybridized carbons (Fsp3) is 0.133. The first kappa shape index (κ1) is 14.3. The van der Waals surface area contributed by atoms with Crippen LogP contribution in [0.15, 0.2) is 47.1 Å². The molecule has 1 amide bonds. The molecule has 0 aliphatic carbocycles. The smallest absolute Gasteiger partial charge is 0.249 e. The fourth-order valence-electron chi connectivity index (χ4n) is 1.71. The quantitative estimate of drug-likeness (QED) is 0.671. The van der Waals surface area contributed by atoms with Crippen LogP contribution in [0.3, 0.4) is 0 Å².